The van der Waals surface area contributed by atoms with Gasteiger partial charge in [-0.05, 0) is 41.4 Å². The van der Waals surface area contributed by atoms with Crippen LogP contribution in [0.3, 0.4) is 0 Å². The van der Waals surface area contributed by atoms with Gasteiger partial charge in [-0.3, -0.25) is 4.79 Å². The Morgan fingerprint density at radius 2 is 1.73 bits per heavy atom. The molecule has 1 unspecified atom stereocenters. The van der Waals surface area contributed by atoms with E-state index in [1.165, 1.54) is 39.4 Å². The Kier molecular flexibility index (Phi) is 6.35. The number of benzene rings is 3. The molecule has 3 aromatic carbocycles. The number of morpholine rings is 1. The fourth-order valence-corrected chi connectivity index (χ4v) is 3.83. The number of nitrogens with zero attached hydrogens (tertiary/aromatic N) is 1. The average molecular weight is 410 g/mol. The van der Waals surface area contributed by atoms with E-state index in [-0.39, 0.29) is 30.7 Å². The van der Waals surface area contributed by atoms with Gasteiger partial charge in [-0.25, -0.2) is 8.78 Å². The van der Waals surface area contributed by atoms with Gasteiger partial charge < -0.3 is 15.0 Å². The molecule has 156 valence electrons. The van der Waals surface area contributed by atoms with Crippen molar-refractivity contribution in [3.8, 4) is 0 Å². The van der Waals surface area contributed by atoms with Crippen molar-refractivity contribution in [1.82, 2.24) is 10.2 Å². The average Bonchev–Trinajstić information content (AvgIpc) is 2.76. The van der Waals surface area contributed by atoms with Gasteiger partial charge in [0.1, 0.15) is 18.2 Å². The maximum atomic E-state index is 13.9. The van der Waals surface area contributed by atoms with Gasteiger partial charge in [-0.1, -0.05) is 48.5 Å². The lowest BCUT2D eigenvalue weighted by Crippen LogP contribution is -2.49. The summed E-state index contributed by atoms with van der Waals surface area (Å²) in [6.45, 7) is 1.46. The summed E-state index contributed by atoms with van der Waals surface area (Å²) in [6.07, 6.45) is 0.655. The van der Waals surface area contributed by atoms with Crippen molar-refractivity contribution < 1.29 is 18.3 Å². The van der Waals surface area contributed by atoms with Crippen molar-refractivity contribution in [3.63, 3.8) is 0 Å². The van der Waals surface area contributed by atoms with Crippen LogP contribution in [0.5, 0.6) is 0 Å². The lowest BCUT2D eigenvalue weighted by atomic mass is 10.0. The molecular formula is C24H24F2N2O2. The molecule has 1 heterocycles. The number of amides is 1. The summed E-state index contributed by atoms with van der Waals surface area (Å²) in [4.78, 5) is 13.6. The molecule has 1 aliphatic heterocycles. The van der Waals surface area contributed by atoms with Gasteiger partial charge in [-0.15, -0.1) is 0 Å². The van der Waals surface area contributed by atoms with Crippen LogP contribution in [-0.4, -0.2) is 43.2 Å². The van der Waals surface area contributed by atoms with Gasteiger partial charge in [0.2, 0.25) is 5.91 Å². The third kappa shape index (κ3) is 4.66. The largest absolute Gasteiger partial charge is 0.365 e. The SMILES string of the molecule is O=C1COC(CNCCc2cccc3ccccc23)CN1Cc1c(F)cccc1F. The Balaban J connectivity index is 1.30. The Morgan fingerprint density at radius 1 is 1.00 bits per heavy atom. The van der Waals surface area contributed by atoms with Gasteiger partial charge in [0.05, 0.1) is 12.6 Å². The fraction of sp³-hybridized carbons (Fsp3) is 0.292. The summed E-state index contributed by atoms with van der Waals surface area (Å²) in [5.74, 6) is -1.54. The third-order valence-corrected chi connectivity index (χ3v) is 5.45. The molecule has 6 heteroatoms. The molecule has 0 radical (unpaired) electrons. The highest BCUT2D eigenvalue weighted by atomic mass is 19.1. The second-order valence-corrected chi connectivity index (χ2v) is 7.50. The molecule has 3 aromatic rings. The second-order valence-electron chi connectivity index (χ2n) is 7.50. The Morgan fingerprint density at radius 3 is 2.57 bits per heavy atom. The third-order valence-electron chi connectivity index (χ3n) is 5.45. The molecule has 1 N–H and O–H groups in total. The van der Waals surface area contributed by atoms with E-state index in [0.717, 1.165) is 13.0 Å². The topological polar surface area (TPSA) is 41.6 Å². The molecule has 30 heavy (non-hydrogen) atoms. The first kappa shape index (κ1) is 20.4. The van der Waals surface area contributed by atoms with E-state index in [9.17, 15) is 13.6 Å². The first-order valence-corrected chi connectivity index (χ1v) is 10.1. The molecule has 1 amide bonds. The molecule has 0 aliphatic carbocycles. The lowest BCUT2D eigenvalue weighted by molar-refractivity contribution is -0.149. The van der Waals surface area contributed by atoms with Crippen LogP contribution >= 0.6 is 0 Å². The zero-order valence-electron chi connectivity index (χ0n) is 16.6. The predicted molar refractivity (Wildman–Crippen MR) is 112 cm³/mol. The summed E-state index contributed by atoms with van der Waals surface area (Å²) < 4.78 is 33.5. The van der Waals surface area contributed by atoms with Crippen molar-refractivity contribution in [1.29, 1.82) is 0 Å². The molecule has 0 spiro atoms. The Hall–Kier alpha value is -2.83. The van der Waals surface area contributed by atoms with Crippen LogP contribution < -0.4 is 5.32 Å². The smallest absolute Gasteiger partial charge is 0.248 e. The number of halogens is 2. The summed E-state index contributed by atoms with van der Waals surface area (Å²) in [7, 11) is 0. The van der Waals surface area contributed by atoms with Crippen LogP contribution in [0.1, 0.15) is 11.1 Å². The maximum Gasteiger partial charge on any atom is 0.248 e. The quantitative estimate of drug-likeness (QED) is 0.605. The van der Waals surface area contributed by atoms with Crippen molar-refractivity contribution in [2.75, 3.05) is 26.2 Å². The minimum atomic E-state index is -0.640. The second kappa shape index (κ2) is 9.32. The van der Waals surface area contributed by atoms with E-state index >= 15 is 0 Å². The molecule has 0 aromatic heterocycles. The van der Waals surface area contributed by atoms with Gasteiger partial charge >= 0.3 is 0 Å². The van der Waals surface area contributed by atoms with Crippen LogP contribution in [0, 0.1) is 11.6 Å². The number of carbonyl (C=O) groups is 1. The zero-order chi connectivity index (χ0) is 20.9. The van der Waals surface area contributed by atoms with Gasteiger partial charge in [0, 0.05) is 18.7 Å². The molecule has 4 rings (SSSR count). The van der Waals surface area contributed by atoms with Crippen molar-refractivity contribution in [2.24, 2.45) is 0 Å². The predicted octanol–water partition coefficient (Wildman–Crippen LogP) is 3.68. The number of hydrogen-bond acceptors (Lipinski definition) is 3. The Bertz CT molecular complexity index is 1020. The van der Waals surface area contributed by atoms with Crippen LogP contribution in [0.4, 0.5) is 8.78 Å². The lowest BCUT2D eigenvalue weighted by Gasteiger charge is -2.33. The number of carbonyl (C=O) groups excluding carboxylic acids is 1. The highest BCUT2D eigenvalue weighted by Crippen LogP contribution is 2.19. The minimum Gasteiger partial charge on any atom is -0.365 e. The summed E-state index contributed by atoms with van der Waals surface area (Å²) in [5, 5.41) is 5.85. The van der Waals surface area contributed by atoms with E-state index in [1.54, 1.807) is 0 Å². The van der Waals surface area contributed by atoms with Crippen molar-refractivity contribution >= 4 is 16.7 Å². The number of fused-ring (bicyclic) bond motifs is 1. The van der Waals surface area contributed by atoms with Crippen LogP contribution in [0.2, 0.25) is 0 Å². The fourth-order valence-electron chi connectivity index (χ4n) is 3.83. The molecule has 1 atom stereocenters. The maximum absolute atomic E-state index is 13.9. The molecule has 0 saturated carbocycles. The van der Waals surface area contributed by atoms with Crippen molar-refractivity contribution in [3.05, 3.63) is 83.4 Å². The summed E-state index contributed by atoms with van der Waals surface area (Å²) in [6, 6.07) is 18.3. The molecule has 4 nitrogen and oxygen atoms in total. The van der Waals surface area contributed by atoms with E-state index in [0.29, 0.717) is 13.1 Å². The van der Waals surface area contributed by atoms with E-state index in [2.05, 4.69) is 35.6 Å². The minimum absolute atomic E-state index is 0.0776. The highest BCUT2D eigenvalue weighted by molar-refractivity contribution is 5.85. The molecule has 0 bridgehead atoms. The normalized spacial score (nSPS) is 16.9. The van der Waals surface area contributed by atoms with E-state index in [4.69, 9.17) is 4.74 Å². The summed E-state index contributed by atoms with van der Waals surface area (Å²) >= 11 is 0. The molecule has 1 saturated heterocycles. The number of hydrogen-bond donors (Lipinski definition) is 1. The zero-order valence-corrected chi connectivity index (χ0v) is 16.6. The van der Waals surface area contributed by atoms with E-state index < -0.39 is 11.6 Å². The standard InChI is InChI=1S/C24H24F2N2O2/c25-22-9-4-10-23(26)21(22)15-28-14-19(30-16-24(28)29)13-27-12-11-18-7-3-6-17-5-1-2-8-20(17)18/h1-10,19,27H,11-16H2. The van der Waals surface area contributed by atoms with Crippen LogP contribution in [0.25, 0.3) is 10.8 Å². The van der Waals surface area contributed by atoms with Gasteiger partial charge in [0.15, 0.2) is 0 Å². The van der Waals surface area contributed by atoms with E-state index in [1.807, 2.05) is 12.1 Å². The van der Waals surface area contributed by atoms with Crippen LogP contribution in [-0.2, 0) is 22.5 Å². The molecule has 1 aliphatic rings. The number of ether oxygens (including phenoxy) is 1. The number of rotatable bonds is 7. The molecular weight excluding hydrogens is 386 g/mol. The van der Waals surface area contributed by atoms with Gasteiger partial charge in [0.25, 0.3) is 0 Å². The highest BCUT2D eigenvalue weighted by Gasteiger charge is 2.27. The van der Waals surface area contributed by atoms with Crippen LogP contribution in [0.15, 0.2) is 60.7 Å². The molecule has 1 fully saturated rings. The van der Waals surface area contributed by atoms with Crippen molar-refractivity contribution in [2.45, 2.75) is 19.1 Å². The first-order valence-electron chi connectivity index (χ1n) is 10.1. The first-order chi connectivity index (χ1) is 14.6. The summed E-state index contributed by atoms with van der Waals surface area (Å²) in [5.41, 5.74) is 1.19. The monoisotopic (exact) mass is 410 g/mol. The van der Waals surface area contributed by atoms with Gasteiger partial charge in [-0.2, -0.15) is 0 Å². The Labute approximate surface area is 174 Å². The number of nitrogens with one attached hydrogen (secondary N) is 1.